The van der Waals surface area contributed by atoms with E-state index in [0.29, 0.717) is 29.4 Å². The molecule has 0 atom stereocenters. The second-order valence-corrected chi connectivity index (χ2v) is 4.47. The van der Waals surface area contributed by atoms with Crippen molar-refractivity contribution in [1.29, 1.82) is 0 Å². The van der Waals surface area contributed by atoms with Gasteiger partial charge in [0.25, 0.3) is 0 Å². The standard InChI is InChI=1S/C16H18FNO3/c1-19-13-6-14(20-2)8-15(7-13)21-10-11-3-4-16(17)12(5-11)9-18/h3-8H,9-10,18H2,1-2H3. The minimum Gasteiger partial charge on any atom is -0.496 e. The van der Waals surface area contributed by atoms with Crippen LogP contribution in [0, 0.1) is 5.82 Å². The highest BCUT2D eigenvalue weighted by molar-refractivity contribution is 5.42. The van der Waals surface area contributed by atoms with Crippen LogP contribution in [0.3, 0.4) is 0 Å². The molecule has 0 fully saturated rings. The zero-order valence-electron chi connectivity index (χ0n) is 12.1. The number of halogens is 1. The van der Waals surface area contributed by atoms with Crippen LogP contribution in [0.5, 0.6) is 17.2 Å². The Labute approximate surface area is 123 Å². The maximum atomic E-state index is 13.4. The minimum absolute atomic E-state index is 0.159. The van der Waals surface area contributed by atoms with Crippen LogP contribution < -0.4 is 19.9 Å². The molecule has 0 aromatic heterocycles. The van der Waals surface area contributed by atoms with E-state index in [2.05, 4.69) is 0 Å². The van der Waals surface area contributed by atoms with Crippen LogP contribution in [0.1, 0.15) is 11.1 Å². The molecule has 2 rings (SSSR count). The Bertz CT molecular complexity index is 594. The molecule has 0 saturated heterocycles. The van der Waals surface area contributed by atoms with Gasteiger partial charge in [0.05, 0.1) is 14.2 Å². The van der Waals surface area contributed by atoms with Crippen molar-refractivity contribution in [2.45, 2.75) is 13.2 Å². The molecule has 0 heterocycles. The van der Waals surface area contributed by atoms with Crippen molar-refractivity contribution in [3.8, 4) is 17.2 Å². The lowest BCUT2D eigenvalue weighted by Crippen LogP contribution is -2.03. The molecular formula is C16H18FNO3. The molecule has 0 radical (unpaired) electrons. The normalized spacial score (nSPS) is 10.3. The lowest BCUT2D eigenvalue weighted by molar-refractivity contribution is 0.300. The van der Waals surface area contributed by atoms with E-state index in [0.717, 1.165) is 5.56 Å². The lowest BCUT2D eigenvalue weighted by atomic mass is 10.1. The summed E-state index contributed by atoms with van der Waals surface area (Å²) in [5.41, 5.74) is 6.81. The van der Waals surface area contributed by atoms with Gasteiger partial charge in [0.2, 0.25) is 0 Å². The zero-order chi connectivity index (χ0) is 15.2. The first-order valence-electron chi connectivity index (χ1n) is 6.49. The zero-order valence-corrected chi connectivity index (χ0v) is 12.1. The van der Waals surface area contributed by atoms with Gasteiger partial charge in [0.15, 0.2) is 0 Å². The Hall–Kier alpha value is -2.27. The first kappa shape index (κ1) is 15.1. The molecule has 0 aliphatic rings. The predicted molar refractivity (Wildman–Crippen MR) is 78.2 cm³/mol. The van der Waals surface area contributed by atoms with Gasteiger partial charge in [-0.1, -0.05) is 6.07 Å². The fourth-order valence-electron chi connectivity index (χ4n) is 1.91. The van der Waals surface area contributed by atoms with E-state index in [9.17, 15) is 4.39 Å². The van der Waals surface area contributed by atoms with Crippen LogP contribution in [0.15, 0.2) is 36.4 Å². The van der Waals surface area contributed by atoms with Gasteiger partial charge in [-0.2, -0.15) is 0 Å². The van der Waals surface area contributed by atoms with E-state index in [1.165, 1.54) is 6.07 Å². The van der Waals surface area contributed by atoms with Crippen LogP contribution in [0.4, 0.5) is 4.39 Å². The van der Waals surface area contributed by atoms with Crippen molar-refractivity contribution in [3.63, 3.8) is 0 Å². The first-order chi connectivity index (χ1) is 10.2. The molecule has 0 saturated carbocycles. The Kier molecular flexibility index (Phi) is 5.00. The van der Waals surface area contributed by atoms with Crippen LogP contribution >= 0.6 is 0 Å². The fraction of sp³-hybridized carbons (Fsp3) is 0.250. The number of benzene rings is 2. The fourth-order valence-corrected chi connectivity index (χ4v) is 1.91. The van der Waals surface area contributed by atoms with E-state index in [1.54, 1.807) is 44.6 Å². The van der Waals surface area contributed by atoms with Crippen molar-refractivity contribution in [1.82, 2.24) is 0 Å². The molecule has 0 aliphatic heterocycles. The van der Waals surface area contributed by atoms with E-state index in [4.69, 9.17) is 19.9 Å². The summed E-state index contributed by atoms with van der Waals surface area (Å²) in [5.74, 6) is 1.60. The van der Waals surface area contributed by atoms with Crippen LogP contribution in [0.25, 0.3) is 0 Å². The molecule has 5 heteroatoms. The molecule has 0 amide bonds. The highest BCUT2D eigenvalue weighted by atomic mass is 19.1. The summed E-state index contributed by atoms with van der Waals surface area (Å²) in [7, 11) is 3.15. The number of nitrogens with two attached hydrogens (primary N) is 1. The molecule has 2 N–H and O–H groups in total. The Morgan fingerprint density at radius 1 is 0.952 bits per heavy atom. The van der Waals surface area contributed by atoms with Crippen molar-refractivity contribution in [2.24, 2.45) is 5.73 Å². The number of rotatable bonds is 6. The van der Waals surface area contributed by atoms with Gasteiger partial charge in [-0.3, -0.25) is 0 Å². The van der Waals surface area contributed by atoms with E-state index in [1.807, 2.05) is 0 Å². The largest absolute Gasteiger partial charge is 0.496 e. The summed E-state index contributed by atoms with van der Waals surface area (Å²) in [6, 6.07) is 10.1. The number of ether oxygens (including phenoxy) is 3. The summed E-state index contributed by atoms with van der Waals surface area (Å²) >= 11 is 0. The minimum atomic E-state index is -0.302. The smallest absolute Gasteiger partial charge is 0.127 e. The SMILES string of the molecule is COc1cc(OC)cc(OCc2ccc(F)c(CN)c2)c1. The van der Waals surface area contributed by atoms with Crippen molar-refractivity contribution in [3.05, 3.63) is 53.3 Å². The average Bonchev–Trinajstić information content (AvgIpc) is 2.53. The average molecular weight is 291 g/mol. The third-order valence-corrected chi connectivity index (χ3v) is 3.06. The molecule has 2 aromatic carbocycles. The third-order valence-electron chi connectivity index (χ3n) is 3.06. The summed E-state index contributed by atoms with van der Waals surface area (Å²) in [6.07, 6.45) is 0. The monoisotopic (exact) mass is 291 g/mol. The van der Waals surface area contributed by atoms with Crippen LogP contribution in [-0.4, -0.2) is 14.2 Å². The molecule has 2 aromatic rings. The Morgan fingerprint density at radius 2 is 1.57 bits per heavy atom. The molecule has 21 heavy (non-hydrogen) atoms. The summed E-state index contributed by atoms with van der Waals surface area (Å²) in [4.78, 5) is 0. The summed E-state index contributed by atoms with van der Waals surface area (Å²) in [5, 5.41) is 0. The highest BCUT2D eigenvalue weighted by Gasteiger charge is 2.05. The van der Waals surface area contributed by atoms with Gasteiger partial charge in [0.1, 0.15) is 29.7 Å². The Morgan fingerprint density at radius 3 is 2.14 bits per heavy atom. The third kappa shape index (κ3) is 3.86. The van der Waals surface area contributed by atoms with Gasteiger partial charge in [-0.25, -0.2) is 4.39 Å². The van der Waals surface area contributed by atoms with Crippen molar-refractivity contribution >= 4 is 0 Å². The Balaban J connectivity index is 2.12. The first-order valence-corrected chi connectivity index (χ1v) is 6.49. The lowest BCUT2D eigenvalue weighted by Gasteiger charge is -2.11. The molecular weight excluding hydrogens is 273 g/mol. The molecule has 4 nitrogen and oxygen atoms in total. The number of hydrogen-bond acceptors (Lipinski definition) is 4. The van der Waals surface area contributed by atoms with Crippen LogP contribution in [-0.2, 0) is 13.2 Å². The quantitative estimate of drug-likeness (QED) is 0.889. The predicted octanol–water partition coefficient (Wildman–Crippen LogP) is 2.88. The topological polar surface area (TPSA) is 53.7 Å². The maximum absolute atomic E-state index is 13.4. The molecule has 0 bridgehead atoms. The molecule has 0 unspecified atom stereocenters. The van der Waals surface area contributed by atoms with Crippen LogP contribution in [0.2, 0.25) is 0 Å². The second-order valence-electron chi connectivity index (χ2n) is 4.47. The van der Waals surface area contributed by atoms with Gasteiger partial charge < -0.3 is 19.9 Å². The molecule has 0 aliphatic carbocycles. The van der Waals surface area contributed by atoms with E-state index >= 15 is 0 Å². The van der Waals surface area contributed by atoms with E-state index < -0.39 is 0 Å². The summed E-state index contributed by atoms with van der Waals surface area (Å²) in [6.45, 7) is 0.469. The van der Waals surface area contributed by atoms with Gasteiger partial charge in [-0.15, -0.1) is 0 Å². The second kappa shape index (κ2) is 6.95. The number of methoxy groups -OCH3 is 2. The maximum Gasteiger partial charge on any atom is 0.127 e. The van der Waals surface area contributed by atoms with Gasteiger partial charge in [-0.05, 0) is 17.7 Å². The van der Waals surface area contributed by atoms with Crippen molar-refractivity contribution in [2.75, 3.05) is 14.2 Å². The highest BCUT2D eigenvalue weighted by Crippen LogP contribution is 2.28. The molecule has 112 valence electrons. The number of hydrogen-bond donors (Lipinski definition) is 1. The van der Waals surface area contributed by atoms with Gasteiger partial charge >= 0.3 is 0 Å². The van der Waals surface area contributed by atoms with E-state index in [-0.39, 0.29) is 12.4 Å². The molecule has 0 spiro atoms. The van der Waals surface area contributed by atoms with Gasteiger partial charge in [0, 0.05) is 30.3 Å². The van der Waals surface area contributed by atoms with Crippen molar-refractivity contribution < 1.29 is 18.6 Å². The summed E-state index contributed by atoms with van der Waals surface area (Å²) < 4.78 is 29.4.